The van der Waals surface area contributed by atoms with Crippen molar-refractivity contribution < 1.29 is 37.3 Å². The lowest BCUT2D eigenvalue weighted by atomic mass is 10.1. The number of carbonyl (C=O) groups excluding carboxylic acids is 2. The second-order valence-electron chi connectivity index (χ2n) is 5.19. The molecule has 2 rings (SSSR count). The second-order valence-corrected chi connectivity index (χ2v) is 5.19. The summed E-state index contributed by atoms with van der Waals surface area (Å²) in [5.41, 5.74) is -0.0289. The lowest BCUT2D eigenvalue weighted by Crippen LogP contribution is -2.17. The molecule has 0 saturated carbocycles. The Bertz CT molecular complexity index is 856. The Morgan fingerprint density at radius 2 is 1.63 bits per heavy atom. The van der Waals surface area contributed by atoms with E-state index in [1.54, 1.807) is 18.2 Å². The van der Waals surface area contributed by atoms with E-state index >= 15 is 0 Å². The molecular weight excluding hydrogens is 364 g/mol. The lowest BCUT2D eigenvalue weighted by molar-refractivity contribution is 0.0601. The van der Waals surface area contributed by atoms with Crippen molar-refractivity contribution in [2.45, 2.75) is 6.61 Å². The number of hydrogen-bond acceptors (Lipinski definition) is 6. The first-order valence-electron chi connectivity index (χ1n) is 7.61. The standard InChI is InChI=1S/C18H17F2NO6/c1-24-15-5-4-10(6-16(15)25-2)9-27-18(23)21-14-8-13(20)12(19)7-11(14)17(22)26-3/h4-8H,9H2,1-3H3,(H,21,23). The van der Waals surface area contributed by atoms with Crippen molar-refractivity contribution in [2.24, 2.45) is 0 Å². The van der Waals surface area contributed by atoms with E-state index in [0.29, 0.717) is 29.2 Å². The zero-order valence-corrected chi connectivity index (χ0v) is 14.8. The van der Waals surface area contributed by atoms with Crippen molar-refractivity contribution in [1.82, 2.24) is 0 Å². The maximum Gasteiger partial charge on any atom is 0.411 e. The van der Waals surface area contributed by atoms with Gasteiger partial charge in [-0.1, -0.05) is 6.07 Å². The number of hydrogen-bond donors (Lipinski definition) is 1. The Kier molecular flexibility index (Phi) is 6.53. The van der Waals surface area contributed by atoms with Crippen molar-refractivity contribution in [3.63, 3.8) is 0 Å². The third-order valence-electron chi connectivity index (χ3n) is 3.52. The maximum absolute atomic E-state index is 13.4. The second kappa shape index (κ2) is 8.84. The van der Waals surface area contributed by atoms with Gasteiger partial charge in [-0.2, -0.15) is 0 Å². The van der Waals surface area contributed by atoms with Crippen LogP contribution in [-0.4, -0.2) is 33.4 Å². The summed E-state index contributed by atoms with van der Waals surface area (Å²) in [5, 5.41) is 2.19. The molecule has 0 aliphatic carbocycles. The number of halogens is 2. The van der Waals surface area contributed by atoms with Crippen LogP contribution in [-0.2, 0) is 16.1 Å². The molecule has 2 aromatic rings. The largest absolute Gasteiger partial charge is 0.493 e. The predicted molar refractivity (Wildman–Crippen MR) is 91.1 cm³/mol. The van der Waals surface area contributed by atoms with E-state index in [2.05, 4.69) is 10.1 Å². The van der Waals surface area contributed by atoms with Crippen LogP contribution in [0.4, 0.5) is 19.3 Å². The molecule has 1 N–H and O–H groups in total. The predicted octanol–water partition coefficient (Wildman–Crippen LogP) is 3.52. The minimum absolute atomic E-state index is 0.135. The number of amides is 1. The highest BCUT2D eigenvalue weighted by Gasteiger charge is 2.19. The first-order chi connectivity index (χ1) is 12.9. The fraction of sp³-hybridized carbons (Fsp3) is 0.222. The number of benzene rings is 2. The molecule has 0 spiro atoms. The molecule has 27 heavy (non-hydrogen) atoms. The quantitative estimate of drug-likeness (QED) is 0.771. The summed E-state index contributed by atoms with van der Waals surface area (Å²) < 4.78 is 46.6. The lowest BCUT2D eigenvalue weighted by Gasteiger charge is -2.12. The fourth-order valence-electron chi connectivity index (χ4n) is 2.19. The average molecular weight is 381 g/mol. The van der Waals surface area contributed by atoms with Gasteiger partial charge in [-0.25, -0.2) is 18.4 Å². The Balaban J connectivity index is 2.10. The zero-order valence-electron chi connectivity index (χ0n) is 14.8. The molecule has 0 saturated heterocycles. The highest BCUT2D eigenvalue weighted by molar-refractivity contribution is 5.99. The monoisotopic (exact) mass is 381 g/mol. The summed E-state index contributed by atoms with van der Waals surface area (Å²) in [5.74, 6) is -2.47. The van der Waals surface area contributed by atoms with E-state index in [-0.39, 0.29) is 17.9 Å². The topological polar surface area (TPSA) is 83.1 Å². The smallest absolute Gasteiger partial charge is 0.411 e. The highest BCUT2D eigenvalue weighted by Crippen LogP contribution is 2.28. The van der Waals surface area contributed by atoms with Gasteiger partial charge in [0.1, 0.15) is 6.61 Å². The van der Waals surface area contributed by atoms with Gasteiger partial charge >= 0.3 is 12.1 Å². The van der Waals surface area contributed by atoms with Gasteiger partial charge in [-0.15, -0.1) is 0 Å². The Morgan fingerprint density at radius 1 is 0.963 bits per heavy atom. The number of esters is 1. The summed E-state index contributed by atoms with van der Waals surface area (Å²) >= 11 is 0. The Hall–Kier alpha value is -3.36. The van der Waals surface area contributed by atoms with Gasteiger partial charge in [0.2, 0.25) is 0 Å². The van der Waals surface area contributed by atoms with Gasteiger partial charge in [-0.05, 0) is 23.8 Å². The number of carbonyl (C=O) groups is 2. The minimum Gasteiger partial charge on any atom is -0.493 e. The van der Waals surface area contributed by atoms with Crippen molar-refractivity contribution in [1.29, 1.82) is 0 Å². The summed E-state index contributed by atoms with van der Waals surface area (Å²) in [6.45, 7) is -0.135. The van der Waals surface area contributed by atoms with E-state index in [1.165, 1.54) is 14.2 Å². The molecular formula is C18H17F2NO6. The first kappa shape index (κ1) is 20.0. The number of anilines is 1. The zero-order chi connectivity index (χ0) is 20.0. The molecule has 0 fully saturated rings. The van der Waals surface area contributed by atoms with E-state index in [1.807, 2.05) is 0 Å². The molecule has 2 aromatic carbocycles. The van der Waals surface area contributed by atoms with Crippen molar-refractivity contribution >= 4 is 17.7 Å². The molecule has 0 radical (unpaired) electrons. The van der Waals surface area contributed by atoms with Crippen LogP contribution in [0.2, 0.25) is 0 Å². The minimum atomic E-state index is -1.25. The SMILES string of the molecule is COC(=O)c1cc(F)c(F)cc1NC(=O)OCc1ccc(OC)c(OC)c1. The van der Waals surface area contributed by atoms with E-state index in [9.17, 15) is 18.4 Å². The van der Waals surface area contributed by atoms with Gasteiger partial charge in [0.25, 0.3) is 0 Å². The molecule has 0 unspecified atom stereocenters. The number of ether oxygens (including phenoxy) is 4. The van der Waals surface area contributed by atoms with Gasteiger partial charge < -0.3 is 18.9 Å². The van der Waals surface area contributed by atoms with Crippen molar-refractivity contribution in [2.75, 3.05) is 26.6 Å². The van der Waals surface area contributed by atoms with Gasteiger partial charge in [-0.3, -0.25) is 5.32 Å². The van der Waals surface area contributed by atoms with E-state index < -0.39 is 23.7 Å². The number of nitrogens with one attached hydrogen (secondary N) is 1. The first-order valence-corrected chi connectivity index (χ1v) is 7.61. The molecule has 0 aromatic heterocycles. The van der Waals surface area contributed by atoms with Crippen LogP contribution in [0.25, 0.3) is 0 Å². The van der Waals surface area contributed by atoms with Gasteiger partial charge in [0, 0.05) is 6.07 Å². The summed E-state index contributed by atoms with van der Waals surface area (Å²) in [7, 11) is 4.03. The van der Waals surface area contributed by atoms with Gasteiger partial charge in [0.15, 0.2) is 23.1 Å². The van der Waals surface area contributed by atoms with Crippen LogP contribution in [0.3, 0.4) is 0 Å². The number of methoxy groups -OCH3 is 3. The Labute approximate surface area is 153 Å². The Morgan fingerprint density at radius 3 is 2.26 bits per heavy atom. The van der Waals surface area contributed by atoms with Crippen LogP contribution in [0.15, 0.2) is 30.3 Å². The summed E-state index contributed by atoms with van der Waals surface area (Å²) in [6, 6.07) is 6.21. The molecule has 0 heterocycles. The van der Waals surface area contributed by atoms with Crippen molar-refractivity contribution in [3.05, 3.63) is 53.1 Å². The van der Waals surface area contributed by atoms with Crippen molar-refractivity contribution in [3.8, 4) is 11.5 Å². The third-order valence-corrected chi connectivity index (χ3v) is 3.52. The number of rotatable bonds is 6. The van der Waals surface area contributed by atoms with Gasteiger partial charge in [0.05, 0.1) is 32.6 Å². The molecule has 144 valence electrons. The van der Waals surface area contributed by atoms with Crippen LogP contribution < -0.4 is 14.8 Å². The molecule has 9 heteroatoms. The van der Waals surface area contributed by atoms with Crippen LogP contribution >= 0.6 is 0 Å². The highest BCUT2D eigenvalue weighted by atomic mass is 19.2. The molecule has 1 amide bonds. The third kappa shape index (κ3) is 4.84. The molecule has 0 bridgehead atoms. The van der Waals surface area contributed by atoms with Crippen LogP contribution in [0.1, 0.15) is 15.9 Å². The van der Waals surface area contributed by atoms with E-state index in [0.717, 1.165) is 7.11 Å². The summed E-state index contributed by atoms with van der Waals surface area (Å²) in [4.78, 5) is 23.6. The fourth-order valence-corrected chi connectivity index (χ4v) is 2.19. The van der Waals surface area contributed by atoms with Crippen LogP contribution in [0, 0.1) is 11.6 Å². The van der Waals surface area contributed by atoms with E-state index in [4.69, 9.17) is 14.2 Å². The normalized spacial score (nSPS) is 10.1. The molecule has 0 atom stereocenters. The molecule has 0 aliphatic heterocycles. The maximum atomic E-state index is 13.4. The van der Waals surface area contributed by atoms with Crippen LogP contribution in [0.5, 0.6) is 11.5 Å². The molecule has 0 aliphatic rings. The average Bonchev–Trinajstić information content (AvgIpc) is 2.68. The molecule has 7 nitrogen and oxygen atoms in total. The summed E-state index contributed by atoms with van der Waals surface area (Å²) in [6.07, 6.45) is -0.971.